The van der Waals surface area contributed by atoms with Gasteiger partial charge in [0.1, 0.15) is 0 Å². The van der Waals surface area contributed by atoms with Crippen LogP contribution in [0.25, 0.3) is 0 Å². The fourth-order valence-corrected chi connectivity index (χ4v) is 3.66. The second kappa shape index (κ2) is 8.21. The van der Waals surface area contributed by atoms with E-state index in [9.17, 15) is 5.11 Å². The first-order valence-electron chi connectivity index (χ1n) is 6.91. The van der Waals surface area contributed by atoms with Gasteiger partial charge in [-0.2, -0.15) is 5.26 Å². The molecule has 0 aliphatic rings. The smallest absolute Gasteiger partial charge is 0.0992 e. The van der Waals surface area contributed by atoms with Crippen LogP contribution < -0.4 is 5.73 Å². The predicted octanol–water partition coefficient (Wildman–Crippen LogP) is 3.75. The Labute approximate surface area is 139 Å². The van der Waals surface area contributed by atoms with Gasteiger partial charge in [0, 0.05) is 16.2 Å². The number of hydrogen-bond donors (Lipinski definition) is 2. The predicted molar refractivity (Wildman–Crippen MR) is 90.9 cm³/mol. The van der Waals surface area contributed by atoms with E-state index in [2.05, 4.69) is 6.07 Å². The van der Waals surface area contributed by atoms with Gasteiger partial charge in [-0.1, -0.05) is 41.9 Å². The zero-order chi connectivity index (χ0) is 15.9. The number of rotatable bonds is 6. The van der Waals surface area contributed by atoms with Gasteiger partial charge in [0.2, 0.25) is 0 Å². The van der Waals surface area contributed by atoms with Crippen molar-refractivity contribution in [1.29, 1.82) is 5.26 Å². The lowest BCUT2D eigenvalue weighted by atomic mass is 10.1. The quantitative estimate of drug-likeness (QED) is 0.790. The van der Waals surface area contributed by atoms with Crippen LogP contribution in [-0.2, 0) is 0 Å². The molecule has 0 unspecified atom stereocenters. The zero-order valence-electron chi connectivity index (χ0n) is 11.9. The Morgan fingerprint density at radius 2 is 1.95 bits per heavy atom. The highest BCUT2D eigenvalue weighted by molar-refractivity contribution is 7.99. The lowest BCUT2D eigenvalue weighted by Crippen LogP contribution is -2.26. The Bertz CT molecular complexity index is 657. The van der Waals surface area contributed by atoms with Gasteiger partial charge >= 0.3 is 0 Å². The van der Waals surface area contributed by atoms with E-state index >= 15 is 0 Å². The van der Waals surface area contributed by atoms with E-state index in [-0.39, 0.29) is 17.9 Å². The SMILES string of the molecule is N#Cc1ccc(S[C@H](C[C@H](N)CO)c2ccccc2)c(Cl)c1. The van der Waals surface area contributed by atoms with E-state index in [1.54, 1.807) is 23.9 Å². The van der Waals surface area contributed by atoms with Gasteiger partial charge in [-0.05, 0) is 30.2 Å². The van der Waals surface area contributed by atoms with Crippen molar-refractivity contribution in [2.24, 2.45) is 5.73 Å². The molecule has 22 heavy (non-hydrogen) atoms. The summed E-state index contributed by atoms with van der Waals surface area (Å²) >= 11 is 7.86. The first kappa shape index (κ1) is 16.9. The molecule has 5 heteroatoms. The summed E-state index contributed by atoms with van der Waals surface area (Å²) in [5.41, 5.74) is 7.58. The molecule has 0 saturated carbocycles. The molecule has 114 valence electrons. The molecule has 0 radical (unpaired) electrons. The fourth-order valence-electron chi connectivity index (χ4n) is 2.09. The van der Waals surface area contributed by atoms with Crippen molar-refractivity contribution in [3.05, 3.63) is 64.7 Å². The number of halogens is 1. The van der Waals surface area contributed by atoms with E-state index in [0.717, 1.165) is 10.5 Å². The third kappa shape index (κ3) is 4.49. The Kier molecular flexibility index (Phi) is 6.29. The molecular weight excluding hydrogens is 316 g/mol. The molecule has 2 aromatic rings. The first-order chi connectivity index (χ1) is 10.6. The van der Waals surface area contributed by atoms with Gasteiger partial charge in [0.15, 0.2) is 0 Å². The Morgan fingerprint density at radius 1 is 1.23 bits per heavy atom. The average molecular weight is 333 g/mol. The second-order valence-corrected chi connectivity index (χ2v) is 6.60. The van der Waals surface area contributed by atoms with Gasteiger partial charge in [-0.3, -0.25) is 0 Å². The number of thioether (sulfide) groups is 1. The van der Waals surface area contributed by atoms with Crippen molar-refractivity contribution in [2.45, 2.75) is 22.6 Å². The maximum absolute atomic E-state index is 9.22. The van der Waals surface area contributed by atoms with Crippen LogP contribution in [0.3, 0.4) is 0 Å². The molecule has 2 aromatic carbocycles. The molecule has 0 amide bonds. The van der Waals surface area contributed by atoms with Crippen molar-refractivity contribution in [1.82, 2.24) is 0 Å². The molecule has 0 aliphatic heterocycles. The van der Waals surface area contributed by atoms with E-state index in [1.165, 1.54) is 0 Å². The van der Waals surface area contributed by atoms with E-state index in [4.69, 9.17) is 22.6 Å². The number of nitrogens with two attached hydrogens (primary N) is 1. The van der Waals surface area contributed by atoms with Gasteiger partial charge < -0.3 is 10.8 Å². The lowest BCUT2D eigenvalue weighted by molar-refractivity contribution is 0.259. The van der Waals surface area contributed by atoms with Crippen LogP contribution >= 0.6 is 23.4 Å². The molecule has 0 aliphatic carbocycles. The van der Waals surface area contributed by atoms with Gasteiger partial charge in [0.05, 0.1) is 23.3 Å². The molecule has 0 fully saturated rings. The molecule has 0 aromatic heterocycles. The van der Waals surface area contributed by atoms with Crippen LogP contribution in [0, 0.1) is 11.3 Å². The molecule has 0 bridgehead atoms. The number of aliphatic hydroxyl groups is 1. The number of nitrogens with zero attached hydrogens (tertiary/aromatic N) is 1. The highest BCUT2D eigenvalue weighted by Crippen LogP contribution is 2.41. The van der Waals surface area contributed by atoms with Crippen LogP contribution in [0.4, 0.5) is 0 Å². The standard InChI is InChI=1S/C17H17ClN2OS/c18-15-8-12(10-19)6-7-16(15)22-17(9-14(20)11-21)13-4-2-1-3-5-13/h1-8,14,17,21H,9,11,20H2/t14-,17+/m0/s1. The summed E-state index contributed by atoms with van der Waals surface area (Å²) in [6, 6.07) is 17.1. The Hall–Kier alpha value is -1.51. The summed E-state index contributed by atoms with van der Waals surface area (Å²) in [4.78, 5) is 0.902. The molecule has 0 saturated heterocycles. The minimum atomic E-state index is -0.283. The Morgan fingerprint density at radius 3 is 2.55 bits per heavy atom. The van der Waals surface area contributed by atoms with Crippen molar-refractivity contribution in [2.75, 3.05) is 6.61 Å². The summed E-state index contributed by atoms with van der Waals surface area (Å²) in [5, 5.41) is 18.8. The number of nitriles is 1. The van der Waals surface area contributed by atoms with E-state index in [0.29, 0.717) is 17.0 Å². The van der Waals surface area contributed by atoms with Crippen molar-refractivity contribution < 1.29 is 5.11 Å². The van der Waals surface area contributed by atoms with Crippen molar-refractivity contribution >= 4 is 23.4 Å². The third-order valence-electron chi connectivity index (χ3n) is 3.25. The van der Waals surface area contributed by atoms with Crippen LogP contribution in [0.1, 0.15) is 22.8 Å². The monoisotopic (exact) mass is 332 g/mol. The molecule has 3 N–H and O–H groups in total. The summed E-state index contributed by atoms with van der Waals surface area (Å²) in [5.74, 6) is 0. The van der Waals surface area contributed by atoms with Crippen molar-refractivity contribution in [3.63, 3.8) is 0 Å². The molecule has 2 atom stereocenters. The highest BCUT2D eigenvalue weighted by atomic mass is 35.5. The fraction of sp³-hybridized carbons (Fsp3) is 0.235. The number of aliphatic hydroxyl groups excluding tert-OH is 1. The summed E-state index contributed by atoms with van der Waals surface area (Å²) in [6.07, 6.45) is 0.640. The lowest BCUT2D eigenvalue weighted by Gasteiger charge is -2.20. The zero-order valence-corrected chi connectivity index (χ0v) is 13.5. The molecular formula is C17H17ClN2OS. The van der Waals surface area contributed by atoms with Crippen LogP contribution in [0.15, 0.2) is 53.4 Å². The number of hydrogen-bond acceptors (Lipinski definition) is 4. The molecule has 2 rings (SSSR count). The topological polar surface area (TPSA) is 70.0 Å². The van der Waals surface area contributed by atoms with Gasteiger partial charge in [0.25, 0.3) is 0 Å². The normalized spacial score (nSPS) is 13.4. The molecule has 3 nitrogen and oxygen atoms in total. The van der Waals surface area contributed by atoms with E-state index < -0.39 is 0 Å². The molecule has 0 heterocycles. The minimum Gasteiger partial charge on any atom is -0.395 e. The maximum Gasteiger partial charge on any atom is 0.0992 e. The van der Waals surface area contributed by atoms with Crippen LogP contribution in [-0.4, -0.2) is 17.8 Å². The van der Waals surface area contributed by atoms with Crippen LogP contribution in [0.5, 0.6) is 0 Å². The largest absolute Gasteiger partial charge is 0.395 e. The average Bonchev–Trinajstić information content (AvgIpc) is 2.56. The summed E-state index contributed by atoms with van der Waals surface area (Å²) in [6.45, 7) is -0.0506. The van der Waals surface area contributed by atoms with Crippen molar-refractivity contribution in [3.8, 4) is 6.07 Å². The molecule has 0 spiro atoms. The van der Waals surface area contributed by atoms with E-state index in [1.807, 2.05) is 36.4 Å². The maximum atomic E-state index is 9.22. The first-order valence-corrected chi connectivity index (χ1v) is 8.17. The van der Waals surface area contributed by atoms with Crippen LogP contribution in [0.2, 0.25) is 5.02 Å². The number of benzene rings is 2. The summed E-state index contributed by atoms with van der Waals surface area (Å²) in [7, 11) is 0. The second-order valence-electron chi connectivity index (χ2n) is 4.95. The third-order valence-corrected chi connectivity index (χ3v) is 5.04. The minimum absolute atomic E-state index is 0.0506. The van der Waals surface area contributed by atoms with Gasteiger partial charge in [-0.25, -0.2) is 0 Å². The Balaban J connectivity index is 2.25. The highest BCUT2D eigenvalue weighted by Gasteiger charge is 2.18. The van der Waals surface area contributed by atoms with Gasteiger partial charge in [-0.15, -0.1) is 11.8 Å². The summed E-state index contributed by atoms with van der Waals surface area (Å²) < 4.78 is 0.